The molecule has 2 heteroatoms. The molecule has 0 saturated carbocycles. The number of carbonyl (C=O) groups excluding carboxylic acids is 1. The molecule has 2 nitrogen and oxygen atoms in total. The minimum Gasteiger partial charge on any atom is -0.466 e. The van der Waals surface area contributed by atoms with Crippen LogP contribution < -0.4 is 0 Å². The van der Waals surface area contributed by atoms with Gasteiger partial charge in [0.15, 0.2) is 0 Å². The highest BCUT2D eigenvalue weighted by molar-refractivity contribution is 5.69. The smallest absolute Gasteiger partial charge is 0.306 e. The zero-order valence-electron chi connectivity index (χ0n) is 12.7. The van der Waals surface area contributed by atoms with E-state index in [2.05, 4.69) is 13.8 Å². The zero-order valence-corrected chi connectivity index (χ0v) is 12.7. The summed E-state index contributed by atoms with van der Waals surface area (Å²) >= 11 is 0. The van der Waals surface area contributed by atoms with Gasteiger partial charge in [0.05, 0.1) is 6.61 Å². The predicted molar refractivity (Wildman–Crippen MR) is 77.6 cm³/mol. The van der Waals surface area contributed by atoms with Crippen molar-refractivity contribution in [2.24, 2.45) is 5.92 Å². The van der Waals surface area contributed by atoms with Crippen LogP contribution in [0.2, 0.25) is 0 Å². The summed E-state index contributed by atoms with van der Waals surface area (Å²) < 4.78 is 5.20. The van der Waals surface area contributed by atoms with Gasteiger partial charge in [-0.3, -0.25) is 4.79 Å². The van der Waals surface area contributed by atoms with E-state index in [0.29, 0.717) is 18.9 Å². The van der Waals surface area contributed by atoms with E-state index >= 15 is 0 Å². The Morgan fingerprint density at radius 1 is 0.889 bits per heavy atom. The maximum Gasteiger partial charge on any atom is 0.306 e. The number of unbranched alkanes of at least 4 members (excludes halogenated alkanes) is 4. The lowest BCUT2D eigenvalue weighted by molar-refractivity contribution is -0.144. The van der Waals surface area contributed by atoms with Crippen LogP contribution in [-0.4, -0.2) is 12.6 Å². The molecule has 18 heavy (non-hydrogen) atoms. The molecule has 0 aliphatic rings. The normalized spacial score (nSPS) is 10.9. The van der Waals surface area contributed by atoms with Gasteiger partial charge in [0.25, 0.3) is 0 Å². The Morgan fingerprint density at radius 2 is 1.44 bits per heavy atom. The average molecular weight is 256 g/mol. The van der Waals surface area contributed by atoms with Crippen LogP contribution >= 0.6 is 0 Å². The average Bonchev–Trinajstić information content (AvgIpc) is 2.36. The first-order valence-electron chi connectivity index (χ1n) is 7.90. The summed E-state index contributed by atoms with van der Waals surface area (Å²) in [4.78, 5) is 11.7. The Kier molecular flexibility index (Phi) is 12.5. The van der Waals surface area contributed by atoms with Crippen molar-refractivity contribution < 1.29 is 9.53 Å². The number of hydrogen-bond donors (Lipinski definition) is 0. The fraction of sp³-hybridized carbons (Fsp3) is 0.938. The minimum atomic E-state index is 0.00912. The second-order valence-corrected chi connectivity index (χ2v) is 5.28. The van der Waals surface area contributed by atoms with Crippen molar-refractivity contribution in [1.82, 2.24) is 0 Å². The molecule has 0 atom stereocenters. The number of carbonyl (C=O) groups is 1. The molecule has 0 fully saturated rings. The van der Waals surface area contributed by atoms with Crippen LogP contribution in [0, 0.1) is 5.92 Å². The third kappa shape index (κ3) is 10.6. The molecule has 0 heterocycles. The Morgan fingerprint density at radius 3 is 1.89 bits per heavy atom. The van der Waals surface area contributed by atoms with Gasteiger partial charge in [0.1, 0.15) is 0 Å². The summed E-state index contributed by atoms with van der Waals surface area (Å²) in [6.07, 6.45) is 11.5. The first-order chi connectivity index (χ1) is 8.74. The highest BCUT2D eigenvalue weighted by Gasteiger charge is 2.14. The molecule has 0 rings (SSSR count). The molecule has 0 N–H and O–H groups in total. The van der Waals surface area contributed by atoms with Gasteiger partial charge in [-0.1, -0.05) is 59.3 Å². The summed E-state index contributed by atoms with van der Waals surface area (Å²) in [6.45, 7) is 7.06. The Labute approximate surface area is 113 Å². The van der Waals surface area contributed by atoms with Crippen molar-refractivity contribution in [3.8, 4) is 0 Å². The van der Waals surface area contributed by atoms with Crippen molar-refractivity contribution in [2.75, 3.05) is 6.61 Å². The van der Waals surface area contributed by atoms with Gasteiger partial charge in [-0.25, -0.2) is 0 Å². The summed E-state index contributed by atoms with van der Waals surface area (Å²) in [6, 6.07) is 0. The third-order valence-electron chi connectivity index (χ3n) is 3.35. The fourth-order valence-corrected chi connectivity index (χ4v) is 2.23. The summed E-state index contributed by atoms with van der Waals surface area (Å²) in [5, 5.41) is 0. The predicted octanol–water partition coefficient (Wildman–Crippen LogP) is 5.11. The molecule has 0 aromatic carbocycles. The maximum atomic E-state index is 11.7. The first kappa shape index (κ1) is 17.5. The van der Waals surface area contributed by atoms with Crippen molar-refractivity contribution in [2.45, 2.75) is 85.0 Å². The first-order valence-corrected chi connectivity index (χ1v) is 7.90. The number of hydrogen-bond acceptors (Lipinski definition) is 2. The lowest BCUT2D eigenvalue weighted by Gasteiger charge is -2.16. The Hall–Kier alpha value is -0.530. The van der Waals surface area contributed by atoms with E-state index in [0.717, 1.165) is 6.42 Å². The van der Waals surface area contributed by atoms with Crippen molar-refractivity contribution >= 4 is 5.97 Å². The van der Waals surface area contributed by atoms with E-state index < -0.39 is 0 Å². The zero-order chi connectivity index (χ0) is 13.6. The number of ether oxygens (including phenoxy) is 1. The van der Waals surface area contributed by atoms with Crippen molar-refractivity contribution in [1.29, 1.82) is 0 Å². The third-order valence-corrected chi connectivity index (χ3v) is 3.35. The van der Waals surface area contributed by atoms with Crippen LogP contribution in [0.1, 0.15) is 85.0 Å². The summed E-state index contributed by atoms with van der Waals surface area (Å²) in [5.41, 5.74) is 0. The van der Waals surface area contributed by atoms with Gasteiger partial charge >= 0.3 is 5.97 Å². The molecule has 0 bridgehead atoms. The van der Waals surface area contributed by atoms with Gasteiger partial charge in [-0.2, -0.15) is 0 Å². The fourth-order valence-electron chi connectivity index (χ4n) is 2.23. The summed E-state index contributed by atoms with van der Waals surface area (Å²) in [5.74, 6) is 0.558. The summed E-state index contributed by atoms with van der Waals surface area (Å²) in [7, 11) is 0. The monoisotopic (exact) mass is 256 g/mol. The van der Waals surface area contributed by atoms with E-state index in [9.17, 15) is 4.79 Å². The van der Waals surface area contributed by atoms with E-state index in [1.807, 2.05) is 6.92 Å². The molecular weight excluding hydrogens is 224 g/mol. The number of rotatable bonds is 12. The molecule has 0 aliphatic heterocycles. The van der Waals surface area contributed by atoms with Gasteiger partial charge in [-0.05, 0) is 25.2 Å². The number of esters is 1. The second kappa shape index (κ2) is 12.9. The molecular formula is C16H32O2. The molecule has 0 aromatic rings. The SMILES string of the molecule is CCCCCC(CCCCC)CC(=O)OCCC. The van der Waals surface area contributed by atoms with Gasteiger partial charge < -0.3 is 4.74 Å². The highest BCUT2D eigenvalue weighted by atomic mass is 16.5. The second-order valence-electron chi connectivity index (χ2n) is 5.28. The molecule has 0 aliphatic carbocycles. The van der Waals surface area contributed by atoms with E-state index in [1.54, 1.807) is 0 Å². The lowest BCUT2D eigenvalue weighted by Crippen LogP contribution is -2.12. The lowest BCUT2D eigenvalue weighted by atomic mass is 9.92. The molecule has 0 aromatic heterocycles. The van der Waals surface area contributed by atoms with Gasteiger partial charge in [0.2, 0.25) is 0 Å². The molecule has 108 valence electrons. The minimum absolute atomic E-state index is 0.00912. The molecule has 0 amide bonds. The van der Waals surface area contributed by atoms with Crippen LogP contribution in [0.5, 0.6) is 0 Å². The highest BCUT2D eigenvalue weighted by Crippen LogP contribution is 2.21. The van der Waals surface area contributed by atoms with Gasteiger partial charge in [0, 0.05) is 6.42 Å². The van der Waals surface area contributed by atoms with Crippen molar-refractivity contribution in [3.63, 3.8) is 0 Å². The Bertz CT molecular complexity index is 180. The molecule has 0 unspecified atom stereocenters. The van der Waals surface area contributed by atoms with E-state index in [4.69, 9.17) is 4.74 Å². The van der Waals surface area contributed by atoms with Gasteiger partial charge in [-0.15, -0.1) is 0 Å². The van der Waals surface area contributed by atoms with Crippen LogP contribution in [0.3, 0.4) is 0 Å². The van der Waals surface area contributed by atoms with Crippen molar-refractivity contribution in [3.05, 3.63) is 0 Å². The van der Waals surface area contributed by atoms with Crippen LogP contribution in [-0.2, 0) is 9.53 Å². The molecule has 0 spiro atoms. The maximum absolute atomic E-state index is 11.7. The van der Waals surface area contributed by atoms with E-state index in [-0.39, 0.29) is 5.97 Å². The van der Waals surface area contributed by atoms with Crippen LogP contribution in [0.4, 0.5) is 0 Å². The topological polar surface area (TPSA) is 26.3 Å². The van der Waals surface area contributed by atoms with Crippen LogP contribution in [0.15, 0.2) is 0 Å². The van der Waals surface area contributed by atoms with Crippen LogP contribution in [0.25, 0.3) is 0 Å². The molecule has 0 saturated heterocycles. The van der Waals surface area contributed by atoms with E-state index in [1.165, 1.54) is 51.4 Å². The molecule has 0 radical (unpaired) electrons. The quantitative estimate of drug-likeness (QED) is 0.358. The standard InChI is InChI=1S/C16H32O2/c1-4-7-9-11-15(12-10-8-5-2)14-16(17)18-13-6-3/h15H,4-14H2,1-3H3. The largest absolute Gasteiger partial charge is 0.466 e. The Balaban J connectivity index is 3.89.